The molecule has 27 heavy (non-hydrogen) atoms. The molecule has 0 aliphatic heterocycles. The molecule has 0 bridgehead atoms. The summed E-state index contributed by atoms with van der Waals surface area (Å²) in [7, 11) is 1.66. The summed E-state index contributed by atoms with van der Waals surface area (Å²) in [6, 6.07) is 26.0. The maximum Gasteiger partial charge on any atom is 0.165 e. The Hall–Kier alpha value is -2.98. The van der Waals surface area contributed by atoms with Gasteiger partial charge in [-0.05, 0) is 23.8 Å². The van der Waals surface area contributed by atoms with Crippen LogP contribution >= 0.6 is 0 Å². The second kappa shape index (κ2) is 10.2. The first-order valence-electron chi connectivity index (χ1n) is 9.08. The minimum Gasteiger partial charge on any atom is -0.493 e. The maximum atomic E-state index is 5.99. The van der Waals surface area contributed by atoms with Crippen molar-refractivity contribution in [3.63, 3.8) is 0 Å². The van der Waals surface area contributed by atoms with Crippen molar-refractivity contribution in [1.82, 2.24) is 5.32 Å². The molecule has 3 aromatic carbocycles. The maximum absolute atomic E-state index is 5.99. The lowest BCUT2D eigenvalue weighted by atomic mass is 10.1. The summed E-state index contributed by atoms with van der Waals surface area (Å²) < 4.78 is 17.2. The largest absolute Gasteiger partial charge is 0.493 e. The van der Waals surface area contributed by atoms with Crippen LogP contribution in [0, 0.1) is 0 Å². The Labute approximate surface area is 160 Å². The van der Waals surface area contributed by atoms with Gasteiger partial charge < -0.3 is 19.5 Å². The van der Waals surface area contributed by atoms with Gasteiger partial charge in [0.25, 0.3) is 0 Å². The van der Waals surface area contributed by atoms with Crippen LogP contribution in [0.4, 0.5) is 0 Å². The highest BCUT2D eigenvalue weighted by molar-refractivity contribution is 5.46. The summed E-state index contributed by atoms with van der Waals surface area (Å²) in [5.74, 6) is 2.33. The van der Waals surface area contributed by atoms with Crippen LogP contribution in [-0.4, -0.2) is 20.3 Å². The quantitative estimate of drug-likeness (QED) is 0.541. The van der Waals surface area contributed by atoms with E-state index in [1.165, 1.54) is 5.56 Å². The van der Waals surface area contributed by atoms with E-state index in [1.807, 2.05) is 66.7 Å². The van der Waals surface area contributed by atoms with Crippen LogP contribution < -0.4 is 19.5 Å². The van der Waals surface area contributed by atoms with E-state index in [9.17, 15) is 0 Å². The number of hydrogen-bond acceptors (Lipinski definition) is 4. The molecule has 0 spiro atoms. The van der Waals surface area contributed by atoms with Crippen molar-refractivity contribution in [2.45, 2.75) is 13.1 Å². The summed E-state index contributed by atoms with van der Waals surface area (Å²) in [6.45, 7) is 2.41. The molecule has 1 N–H and O–H groups in total. The molecule has 0 aromatic heterocycles. The number of ether oxygens (including phenoxy) is 3. The lowest BCUT2D eigenvalue weighted by Gasteiger charge is -2.16. The van der Waals surface area contributed by atoms with E-state index < -0.39 is 0 Å². The molecule has 0 fully saturated rings. The second-order valence-corrected chi connectivity index (χ2v) is 6.05. The summed E-state index contributed by atoms with van der Waals surface area (Å²) in [4.78, 5) is 0. The van der Waals surface area contributed by atoms with E-state index >= 15 is 0 Å². The van der Waals surface area contributed by atoms with E-state index in [4.69, 9.17) is 14.2 Å². The minimum atomic E-state index is 0.445. The molecule has 0 radical (unpaired) electrons. The van der Waals surface area contributed by atoms with Gasteiger partial charge in [0.1, 0.15) is 19.0 Å². The van der Waals surface area contributed by atoms with Crippen molar-refractivity contribution in [2.24, 2.45) is 0 Å². The fourth-order valence-electron chi connectivity index (χ4n) is 2.78. The van der Waals surface area contributed by atoms with Crippen molar-refractivity contribution in [2.75, 3.05) is 20.3 Å². The van der Waals surface area contributed by atoms with Crippen LogP contribution in [0.5, 0.6) is 17.2 Å². The Morgan fingerprint density at radius 2 is 1.41 bits per heavy atom. The first kappa shape index (κ1) is 18.8. The number of nitrogens with one attached hydrogen (secondary N) is 1. The topological polar surface area (TPSA) is 39.7 Å². The average Bonchev–Trinajstić information content (AvgIpc) is 2.73. The molecule has 0 heterocycles. The van der Waals surface area contributed by atoms with Crippen LogP contribution in [-0.2, 0) is 13.1 Å². The number of benzene rings is 3. The van der Waals surface area contributed by atoms with Gasteiger partial charge in [-0.2, -0.15) is 0 Å². The highest BCUT2D eigenvalue weighted by Gasteiger charge is 2.10. The molecule has 0 aliphatic rings. The van der Waals surface area contributed by atoms with Crippen LogP contribution in [0.1, 0.15) is 11.1 Å². The zero-order valence-corrected chi connectivity index (χ0v) is 15.6. The molecular formula is C23H25NO3. The molecule has 0 saturated carbocycles. The van der Waals surface area contributed by atoms with Gasteiger partial charge in [0, 0.05) is 18.7 Å². The van der Waals surface area contributed by atoms with Gasteiger partial charge in [0.05, 0.1) is 7.11 Å². The second-order valence-electron chi connectivity index (χ2n) is 6.05. The van der Waals surface area contributed by atoms with Gasteiger partial charge in [-0.1, -0.05) is 60.7 Å². The molecular weight excluding hydrogens is 338 g/mol. The fraction of sp³-hybridized carbons (Fsp3) is 0.217. The highest BCUT2D eigenvalue weighted by Crippen LogP contribution is 2.31. The molecule has 0 amide bonds. The predicted octanol–water partition coefficient (Wildman–Crippen LogP) is 4.44. The Morgan fingerprint density at radius 3 is 2.15 bits per heavy atom. The standard InChI is InChI=1S/C23H25NO3/c1-25-22-14-8-11-20(18-24-17-19-9-4-2-5-10-19)23(22)27-16-15-26-21-12-6-3-7-13-21/h2-14,24H,15-18H2,1H3. The monoisotopic (exact) mass is 363 g/mol. The Balaban J connectivity index is 1.55. The average molecular weight is 363 g/mol. The van der Waals surface area contributed by atoms with Crippen molar-refractivity contribution in [3.8, 4) is 17.2 Å². The zero-order valence-electron chi connectivity index (χ0n) is 15.6. The van der Waals surface area contributed by atoms with E-state index in [0.29, 0.717) is 19.8 Å². The van der Waals surface area contributed by atoms with Gasteiger partial charge in [-0.3, -0.25) is 0 Å². The summed E-state index contributed by atoms with van der Waals surface area (Å²) in [6.07, 6.45) is 0. The molecule has 0 atom stereocenters. The van der Waals surface area contributed by atoms with E-state index in [-0.39, 0.29) is 0 Å². The van der Waals surface area contributed by atoms with Gasteiger partial charge in [-0.25, -0.2) is 0 Å². The third-order valence-corrected chi connectivity index (χ3v) is 4.11. The lowest BCUT2D eigenvalue weighted by Crippen LogP contribution is -2.15. The van der Waals surface area contributed by atoms with Gasteiger partial charge in [0.2, 0.25) is 0 Å². The van der Waals surface area contributed by atoms with Gasteiger partial charge in [-0.15, -0.1) is 0 Å². The summed E-state index contributed by atoms with van der Waals surface area (Å²) in [5, 5.41) is 3.46. The van der Waals surface area contributed by atoms with Crippen LogP contribution in [0.3, 0.4) is 0 Å². The van der Waals surface area contributed by atoms with E-state index in [0.717, 1.165) is 29.4 Å². The number of hydrogen-bond donors (Lipinski definition) is 1. The molecule has 4 heteroatoms. The van der Waals surface area contributed by atoms with E-state index in [2.05, 4.69) is 17.4 Å². The van der Waals surface area contributed by atoms with Crippen molar-refractivity contribution < 1.29 is 14.2 Å². The van der Waals surface area contributed by atoms with Crippen molar-refractivity contribution in [1.29, 1.82) is 0 Å². The SMILES string of the molecule is COc1cccc(CNCc2ccccc2)c1OCCOc1ccccc1. The number of rotatable bonds is 10. The minimum absolute atomic E-state index is 0.445. The van der Waals surface area contributed by atoms with E-state index in [1.54, 1.807) is 7.11 Å². The molecule has 4 nitrogen and oxygen atoms in total. The lowest BCUT2D eigenvalue weighted by molar-refractivity contribution is 0.209. The Kier molecular flexibility index (Phi) is 7.13. The molecule has 0 saturated heterocycles. The third kappa shape index (κ3) is 5.76. The number of methoxy groups -OCH3 is 1. The Morgan fingerprint density at radius 1 is 0.704 bits per heavy atom. The van der Waals surface area contributed by atoms with Crippen LogP contribution in [0.25, 0.3) is 0 Å². The molecule has 140 valence electrons. The normalized spacial score (nSPS) is 10.4. The molecule has 0 unspecified atom stereocenters. The molecule has 0 aliphatic carbocycles. The highest BCUT2D eigenvalue weighted by atomic mass is 16.5. The predicted molar refractivity (Wildman–Crippen MR) is 107 cm³/mol. The fourth-order valence-corrected chi connectivity index (χ4v) is 2.78. The number of para-hydroxylation sites is 2. The Bertz CT molecular complexity index is 806. The van der Waals surface area contributed by atoms with Gasteiger partial charge >= 0.3 is 0 Å². The van der Waals surface area contributed by atoms with Gasteiger partial charge in [0.15, 0.2) is 11.5 Å². The first-order valence-corrected chi connectivity index (χ1v) is 9.08. The van der Waals surface area contributed by atoms with Crippen molar-refractivity contribution in [3.05, 3.63) is 90.0 Å². The van der Waals surface area contributed by atoms with Crippen LogP contribution in [0.15, 0.2) is 78.9 Å². The molecule has 3 aromatic rings. The third-order valence-electron chi connectivity index (χ3n) is 4.11. The first-order chi connectivity index (χ1) is 13.4. The zero-order chi connectivity index (χ0) is 18.7. The smallest absolute Gasteiger partial charge is 0.165 e. The summed E-state index contributed by atoms with van der Waals surface area (Å²) >= 11 is 0. The molecule has 3 rings (SSSR count). The summed E-state index contributed by atoms with van der Waals surface area (Å²) in [5.41, 5.74) is 2.31. The van der Waals surface area contributed by atoms with Crippen LogP contribution in [0.2, 0.25) is 0 Å². The van der Waals surface area contributed by atoms with Crippen molar-refractivity contribution >= 4 is 0 Å².